The van der Waals surface area contributed by atoms with Gasteiger partial charge in [-0.25, -0.2) is 0 Å². The Balaban J connectivity index is 1.85. The average molecular weight is 408 g/mol. The van der Waals surface area contributed by atoms with E-state index in [1.165, 1.54) is 5.56 Å². The average Bonchev–Trinajstić information content (AvgIpc) is 2.93. The first kappa shape index (κ1) is 14.4. The molecule has 0 radical (unpaired) electrons. The van der Waals surface area contributed by atoms with Crippen LogP contribution in [0.5, 0.6) is 5.75 Å². The van der Waals surface area contributed by atoms with E-state index >= 15 is 0 Å². The van der Waals surface area contributed by atoms with E-state index in [-0.39, 0.29) is 0 Å². The summed E-state index contributed by atoms with van der Waals surface area (Å²) in [6.07, 6.45) is 0.948. The van der Waals surface area contributed by atoms with Crippen LogP contribution in [0.25, 0.3) is 0 Å². The van der Waals surface area contributed by atoms with Gasteiger partial charge in [0.15, 0.2) is 0 Å². The first-order valence-electron chi connectivity index (χ1n) is 6.55. The highest BCUT2D eigenvalue weighted by Crippen LogP contribution is 2.33. The Kier molecular flexibility index (Phi) is 4.18. The Morgan fingerprint density at radius 3 is 2.86 bits per heavy atom. The molecule has 1 aliphatic rings. The number of anilines is 1. The molecule has 2 aromatic rings. The van der Waals surface area contributed by atoms with Gasteiger partial charge in [-0.1, -0.05) is 31.9 Å². The lowest BCUT2D eigenvalue weighted by atomic mass is 10.1. The molecule has 3 rings (SSSR count). The van der Waals surface area contributed by atoms with Gasteiger partial charge in [-0.3, -0.25) is 0 Å². The Labute approximate surface area is 140 Å². The van der Waals surface area contributed by atoms with E-state index < -0.39 is 0 Å². The topological polar surface area (TPSA) is 45.0 Å². The molecule has 0 spiro atoms. The number of hydrogen-bond donors (Lipinski definition) is 1. The zero-order valence-electron chi connectivity index (χ0n) is 11.1. The fourth-order valence-corrected chi connectivity index (χ4v) is 3.34. The minimum Gasteiger partial charge on any atom is -0.493 e. The van der Waals surface area contributed by atoms with Crippen LogP contribution in [0.4, 0.5) is 5.69 Å². The molecule has 0 bridgehead atoms. The highest BCUT2D eigenvalue weighted by atomic mass is 79.9. The van der Waals surface area contributed by atoms with Crippen molar-refractivity contribution in [3.8, 4) is 11.8 Å². The molecule has 0 atom stereocenters. The summed E-state index contributed by atoms with van der Waals surface area (Å²) in [6.45, 7) is 1.36. The molecule has 106 valence electrons. The maximum atomic E-state index is 9.20. The van der Waals surface area contributed by atoms with Crippen molar-refractivity contribution < 1.29 is 4.74 Å². The van der Waals surface area contributed by atoms with Gasteiger partial charge in [-0.15, -0.1) is 0 Å². The Hall–Kier alpha value is -1.51. The normalized spacial score (nSPS) is 12.4. The van der Waals surface area contributed by atoms with Crippen molar-refractivity contribution in [3.63, 3.8) is 0 Å². The molecule has 0 unspecified atom stereocenters. The summed E-state index contributed by atoms with van der Waals surface area (Å²) in [5.74, 6) is 0.973. The van der Waals surface area contributed by atoms with Gasteiger partial charge < -0.3 is 10.1 Å². The van der Waals surface area contributed by atoms with Crippen LogP contribution in [0.15, 0.2) is 39.3 Å². The van der Waals surface area contributed by atoms with Crippen LogP contribution >= 0.6 is 31.9 Å². The summed E-state index contributed by atoms with van der Waals surface area (Å²) in [4.78, 5) is 0. The van der Waals surface area contributed by atoms with Crippen molar-refractivity contribution in [2.45, 2.75) is 13.0 Å². The number of nitriles is 1. The Bertz CT molecular complexity index is 738. The minimum atomic E-state index is 0.622. The third-order valence-corrected chi connectivity index (χ3v) is 4.35. The van der Waals surface area contributed by atoms with Crippen molar-refractivity contribution in [2.24, 2.45) is 0 Å². The summed E-state index contributed by atoms with van der Waals surface area (Å²) in [5.41, 5.74) is 3.78. The quantitative estimate of drug-likeness (QED) is 0.806. The molecule has 0 fully saturated rings. The minimum absolute atomic E-state index is 0.622. The van der Waals surface area contributed by atoms with E-state index in [0.717, 1.165) is 39.0 Å². The van der Waals surface area contributed by atoms with Crippen molar-refractivity contribution >= 4 is 37.5 Å². The Morgan fingerprint density at radius 1 is 1.19 bits per heavy atom. The summed E-state index contributed by atoms with van der Waals surface area (Å²) in [5, 5.41) is 12.5. The molecule has 0 saturated heterocycles. The van der Waals surface area contributed by atoms with E-state index in [1.54, 1.807) is 0 Å². The van der Waals surface area contributed by atoms with Crippen molar-refractivity contribution in [3.05, 3.63) is 56.0 Å². The molecular weight excluding hydrogens is 396 g/mol. The second-order valence-electron chi connectivity index (χ2n) is 4.81. The molecule has 1 heterocycles. The van der Waals surface area contributed by atoms with Gasteiger partial charge in [0, 0.05) is 27.5 Å². The van der Waals surface area contributed by atoms with Crippen molar-refractivity contribution in [1.29, 1.82) is 5.26 Å². The van der Waals surface area contributed by atoms with Crippen LogP contribution in [0, 0.1) is 11.3 Å². The van der Waals surface area contributed by atoms with E-state index in [9.17, 15) is 5.26 Å². The molecule has 0 saturated carbocycles. The smallest absolute Gasteiger partial charge is 0.127 e. The number of halogens is 2. The van der Waals surface area contributed by atoms with Crippen LogP contribution in [0.2, 0.25) is 0 Å². The van der Waals surface area contributed by atoms with Crippen LogP contribution < -0.4 is 10.1 Å². The highest BCUT2D eigenvalue weighted by molar-refractivity contribution is 9.10. The molecule has 1 N–H and O–H groups in total. The second kappa shape index (κ2) is 6.08. The van der Waals surface area contributed by atoms with Gasteiger partial charge in [0.2, 0.25) is 0 Å². The van der Waals surface area contributed by atoms with E-state index in [2.05, 4.69) is 55.4 Å². The predicted molar refractivity (Wildman–Crippen MR) is 89.5 cm³/mol. The maximum absolute atomic E-state index is 9.20. The number of rotatable bonds is 3. The molecule has 1 aliphatic heterocycles. The molecule has 5 heteroatoms. The molecule has 0 aromatic heterocycles. The monoisotopic (exact) mass is 406 g/mol. The highest BCUT2D eigenvalue weighted by Gasteiger charge is 2.17. The van der Waals surface area contributed by atoms with E-state index in [1.807, 2.05) is 18.2 Å². The fraction of sp³-hybridized carbons (Fsp3) is 0.188. The van der Waals surface area contributed by atoms with Gasteiger partial charge in [-0.05, 0) is 35.9 Å². The largest absolute Gasteiger partial charge is 0.493 e. The first-order chi connectivity index (χ1) is 10.2. The van der Waals surface area contributed by atoms with E-state index in [4.69, 9.17) is 4.74 Å². The van der Waals surface area contributed by atoms with Crippen molar-refractivity contribution in [2.75, 3.05) is 11.9 Å². The van der Waals surface area contributed by atoms with Crippen LogP contribution in [-0.4, -0.2) is 6.61 Å². The lowest BCUT2D eigenvalue weighted by Gasteiger charge is -2.12. The van der Waals surface area contributed by atoms with Crippen molar-refractivity contribution in [1.82, 2.24) is 0 Å². The van der Waals surface area contributed by atoms with Crippen LogP contribution in [0.1, 0.15) is 16.7 Å². The third-order valence-electron chi connectivity index (χ3n) is 3.40. The zero-order valence-corrected chi connectivity index (χ0v) is 14.3. The van der Waals surface area contributed by atoms with Gasteiger partial charge in [0.25, 0.3) is 0 Å². The molecule has 0 amide bonds. The summed E-state index contributed by atoms with van der Waals surface area (Å²) >= 11 is 6.92. The van der Waals surface area contributed by atoms with Crippen LogP contribution in [0.3, 0.4) is 0 Å². The Morgan fingerprint density at radius 2 is 2.05 bits per heavy atom. The molecule has 2 aromatic carbocycles. The van der Waals surface area contributed by atoms with Gasteiger partial charge >= 0.3 is 0 Å². The van der Waals surface area contributed by atoms with Crippen LogP contribution in [-0.2, 0) is 13.0 Å². The lowest BCUT2D eigenvalue weighted by Crippen LogP contribution is -2.03. The first-order valence-corrected chi connectivity index (χ1v) is 8.13. The number of fused-ring (bicyclic) bond motifs is 1. The van der Waals surface area contributed by atoms with Gasteiger partial charge in [-0.2, -0.15) is 5.26 Å². The fourth-order valence-electron chi connectivity index (χ4n) is 2.43. The standard InChI is InChI=1S/C16H12Br2N2O/c17-13-1-2-15(11(6-13)8-19)20-9-12-7-14(18)5-10-3-4-21-16(10)12/h1-2,5-7,20H,3-4,9H2. The molecular formula is C16H12Br2N2O. The zero-order chi connectivity index (χ0) is 14.8. The molecule has 0 aliphatic carbocycles. The lowest BCUT2D eigenvalue weighted by molar-refractivity contribution is 0.354. The second-order valence-corrected chi connectivity index (χ2v) is 6.64. The summed E-state index contributed by atoms with van der Waals surface area (Å²) in [6, 6.07) is 12.0. The van der Waals surface area contributed by atoms with E-state index in [0.29, 0.717) is 12.1 Å². The number of nitrogens with zero attached hydrogens (tertiary/aromatic N) is 1. The third kappa shape index (κ3) is 3.07. The van der Waals surface area contributed by atoms with Gasteiger partial charge in [0.1, 0.15) is 11.8 Å². The SMILES string of the molecule is N#Cc1cc(Br)ccc1NCc1cc(Br)cc2c1OCC2. The molecule has 3 nitrogen and oxygen atoms in total. The number of ether oxygens (including phenoxy) is 1. The maximum Gasteiger partial charge on any atom is 0.127 e. The number of benzene rings is 2. The summed E-state index contributed by atoms with van der Waals surface area (Å²) < 4.78 is 7.67. The molecule has 21 heavy (non-hydrogen) atoms. The number of nitrogens with one attached hydrogen (secondary N) is 1. The van der Waals surface area contributed by atoms with Gasteiger partial charge in [0.05, 0.1) is 17.9 Å². The number of hydrogen-bond acceptors (Lipinski definition) is 3. The summed E-state index contributed by atoms with van der Waals surface area (Å²) in [7, 11) is 0. The predicted octanol–water partition coefficient (Wildman–Crippen LogP) is 4.63.